The van der Waals surface area contributed by atoms with Gasteiger partial charge in [-0.05, 0) is 11.8 Å². The summed E-state index contributed by atoms with van der Waals surface area (Å²) < 4.78 is 26.0. The quantitative estimate of drug-likeness (QED) is 0.620. The first-order valence-corrected chi connectivity index (χ1v) is 7.48. The van der Waals surface area contributed by atoms with Gasteiger partial charge in [-0.25, -0.2) is 13.1 Å². The maximum Gasteiger partial charge on any atom is 0.211 e. The zero-order valence-corrected chi connectivity index (χ0v) is 11.4. The van der Waals surface area contributed by atoms with Crippen LogP contribution in [0, 0.1) is 5.41 Å². The molecular formula is C8H18INO2S. The molecule has 0 aliphatic heterocycles. The average Bonchev–Trinajstić information content (AvgIpc) is 1.97. The largest absolute Gasteiger partial charge is 0.214 e. The van der Waals surface area contributed by atoms with Crippen LogP contribution in [0.25, 0.3) is 0 Å². The molecule has 5 heteroatoms. The van der Waals surface area contributed by atoms with Crippen molar-refractivity contribution >= 4 is 32.6 Å². The standard InChI is InChI=1S/C8H18INO2S/c1-8(2,3)4-7-13(11,12)10-6-5-9/h10H,4-7H2,1-3H3. The van der Waals surface area contributed by atoms with Gasteiger partial charge in [-0.1, -0.05) is 43.4 Å². The number of halogens is 1. The van der Waals surface area contributed by atoms with Crippen molar-refractivity contribution in [3.05, 3.63) is 0 Å². The van der Waals surface area contributed by atoms with Crippen LogP contribution in [0.2, 0.25) is 0 Å². The minimum atomic E-state index is -3.03. The molecule has 0 rings (SSSR count). The number of sulfonamides is 1. The highest BCUT2D eigenvalue weighted by Crippen LogP contribution is 2.18. The van der Waals surface area contributed by atoms with E-state index >= 15 is 0 Å². The lowest BCUT2D eigenvalue weighted by Crippen LogP contribution is -2.29. The molecule has 0 aliphatic carbocycles. The molecule has 0 aromatic carbocycles. The Morgan fingerprint density at radius 2 is 1.85 bits per heavy atom. The van der Waals surface area contributed by atoms with Crippen molar-refractivity contribution in [3.8, 4) is 0 Å². The van der Waals surface area contributed by atoms with E-state index in [9.17, 15) is 8.42 Å². The molecule has 1 N–H and O–H groups in total. The highest BCUT2D eigenvalue weighted by atomic mass is 127. The maximum absolute atomic E-state index is 11.3. The summed E-state index contributed by atoms with van der Waals surface area (Å²) in [4.78, 5) is 0. The third kappa shape index (κ3) is 8.96. The summed E-state index contributed by atoms with van der Waals surface area (Å²) in [6.45, 7) is 6.66. The van der Waals surface area contributed by atoms with Crippen molar-refractivity contribution in [2.75, 3.05) is 16.7 Å². The molecule has 0 saturated heterocycles. The fourth-order valence-electron chi connectivity index (χ4n) is 0.707. The Bertz CT molecular complexity index is 231. The van der Waals surface area contributed by atoms with Crippen LogP contribution in [0.5, 0.6) is 0 Å². The first-order valence-electron chi connectivity index (χ1n) is 4.30. The molecule has 0 unspecified atom stereocenters. The zero-order valence-electron chi connectivity index (χ0n) is 8.43. The molecule has 0 fully saturated rings. The van der Waals surface area contributed by atoms with Crippen molar-refractivity contribution < 1.29 is 8.42 Å². The van der Waals surface area contributed by atoms with Crippen molar-refractivity contribution in [2.24, 2.45) is 5.41 Å². The summed E-state index contributed by atoms with van der Waals surface area (Å²) in [6.07, 6.45) is 0.698. The Morgan fingerprint density at radius 3 is 2.23 bits per heavy atom. The number of alkyl halides is 1. The van der Waals surface area contributed by atoms with Gasteiger partial charge in [0.1, 0.15) is 0 Å². The first-order chi connectivity index (χ1) is 5.77. The molecular weight excluding hydrogens is 301 g/mol. The summed E-state index contributed by atoms with van der Waals surface area (Å²) in [5, 5.41) is 0. The van der Waals surface area contributed by atoms with E-state index in [4.69, 9.17) is 0 Å². The fraction of sp³-hybridized carbons (Fsp3) is 1.00. The summed E-state index contributed by atoms with van der Waals surface area (Å²) >= 11 is 2.15. The Kier molecular flexibility index (Phi) is 5.77. The minimum Gasteiger partial charge on any atom is -0.214 e. The van der Waals surface area contributed by atoms with Crippen LogP contribution in [0.1, 0.15) is 27.2 Å². The van der Waals surface area contributed by atoms with Gasteiger partial charge in [0, 0.05) is 11.0 Å². The molecule has 0 aromatic heterocycles. The smallest absolute Gasteiger partial charge is 0.211 e. The Morgan fingerprint density at radius 1 is 1.31 bits per heavy atom. The van der Waals surface area contributed by atoms with Gasteiger partial charge >= 0.3 is 0 Å². The van der Waals surface area contributed by atoms with Crippen LogP contribution in [0.15, 0.2) is 0 Å². The van der Waals surface area contributed by atoms with E-state index < -0.39 is 10.0 Å². The third-order valence-electron chi connectivity index (χ3n) is 1.54. The van der Waals surface area contributed by atoms with Crippen molar-refractivity contribution in [3.63, 3.8) is 0 Å². The normalized spacial score (nSPS) is 13.2. The molecule has 0 spiro atoms. The predicted molar refractivity (Wildman–Crippen MR) is 64.7 cm³/mol. The van der Waals surface area contributed by atoms with Crippen LogP contribution in [0.4, 0.5) is 0 Å². The topological polar surface area (TPSA) is 46.2 Å². The fourth-order valence-corrected chi connectivity index (χ4v) is 2.78. The summed E-state index contributed by atoms with van der Waals surface area (Å²) in [5.74, 6) is 0.229. The van der Waals surface area contributed by atoms with Gasteiger partial charge in [0.2, 0.25) is 10.0 Å². The molecule has 0 atom stereocenters. The highest BCUT2D eigenvalue weighted by molar-refractivity contribution is 14.1. The van der Waals surface area contributed by atoms with Gasteiger partial charge in [-0.15, -0.1) is 0 Å². The molecule has 0 heterocycles. The van der Waals surface area contributed by atoms with Gasteiger partial charge in [0.05, 0.1) is 5.75 Å². The average molecular weight is 319 g/mol. The van der Waals surface area contributed by atoms with Crippen LogP contribution >= 0.6 is 22.6 Å². The third-order valence-corrected chi connectivity index (χ3v) is 3.46. The van der Waals surface area contributed by atoms with E-state index in [0.717, 1.165) is 4.43 Å². The second-order valence-electron chi connectivity index (χ2n) is 4.21. The van der Waals surface area contributed by atoms with Crippen molar-refractivity contribution in [1.29, 1.82) is 0 Å². The summed E-state index contributed by atoms with van der Waals surface area (Å²) in [5.41, 5.74) is 0.0824. The van der Waals surface area contributed by atoms with Gasteiger partial charge in [-0.3, -0.25) is 0 Å². The second-order valence-corrected chi connectivity index (χ2v) is 7.22. The van der Waals surface area contributed by atoms with E-state index in [0.29, 0.717) is 13.0 Å². The molecule has 3 nitrogen and oxygen atoms in total. The molecule has 0 saturated carbocycles. The lowest BCUT2D eigenvalue weighted by Gasteiger charge is -2.17. The highest BCUT2D eigenvalue weighted by Gasteiger charge is 2.16. The zero-order chi connectivity index (χ0) is 10.5. The number of hydrogen-bond donors (Lipinski definition) is 1. The predicted octanol–water partition coefficient (Wildman–Crippen LogP) is 1.78. The summed E-state index contributed by atoms with van der Waals surface area (Å²) in [7, 11) is -3.03. The Labute approximate surface area is 94.9 Å². The Balaban J connectivity index is 3.91. The van der Waals surface area contributed by atoms with Crippen LogP contribution < -0.4 is 4.72 Å². The van der Waals surface area contributed by atoms with Crippen molar-refractivity contribution in [2.45, 2.75) is 27.2 Å². The van der Waals surface area contributed by atoms with Gasteiger partial charge < -0.3 is 0 Å². The maximum atomic E-state index is 11.3. The Hall–Kier alpha value is 0.640. The van der Waals surface area contributed by atoms with Gasteiger partial charge in [0.25, 0.3) is 0 Å². The minimum absolute atomic E-state index is 0.0824. The molecule has 80 valence electrons. The molecule has 0 aromatic rings. The second kappa shape index (κ2) is 5.50. The van der Waals surface area contributed by atoms with E-state index in [2.05, 4.69) is 27.3 Å². The van der Waals surface area contributed by atoms with Crippen molar-refractivity contribution in [1.82, 2.24) is 4.72 Å². The molecule has 0 amide bonds. The molecule has 0 aliphatic rings. The van der Waals surface area contributed by atoms with Crippen LogP contribution in [0.3, 0.4) is 0 Å². The van der Waals surface area contributed by atoms with E-state index in [-0.39, 0.29) is 11.2 Å². The van der Waals surface area contributed by atoms with E-state index in [1.807, 2.05) is 20.8 Å². The number of nitrogens with one attached hydrogen (secondary N) is 1. The summed E-state index contributed by atoms with van der Waals surface area (Å²) in [6, 6.07) is 0. The van der Waals surface area contributed by atoms with Gasteiger partial charge in [-0.2, -0.15) is 0 Å². The molecule has 13 heavy (non-hydrogen) atoms. The number of rotatable bonds is 5. The van der Waals surface area contributed by atoms with Gasteiger partial charge in [0.15, 0.2) is 0 Å². The SMILES string of the molecule is CC(C)(C)CCS(=O)(=O)NCCI. The van der Waals surface area contributed by atoms with Crippen LogP contribution in [-0.2, 0) is 10.0 Å². The lowest BCUT2D eigenvalue weighted by atomic mass is 9.94. The van der Waals surface area contributed by atoms with E-state index in [1.165, 1.54) is 0 Å². The van der Waals surface area contributed by atoms with Crippen LogP contribution in [-0.4, -0.2) is 25.1 Å². The molecule has 0 radical (unpaired) electrons. The monoisotopic (exact) mass is 319 g/mol. The van der Waals surface area contributed by atoms with E-state index in [1.54, 1.807) is 0 Å². The number of hydrogen-bond acceptors (Lipinski definition) is 2. The molecule has 0 bridgehead atoms. The lowest BCUT2D eigenvalue weighted by molar-refractivity contribution is 0.396. The first kappa shape index (κ1) is 13.6.